The van der Waals surface area contributed by atoms with Crippen molar-refractivity contribution in [3.8, 4) is 10.4 Å². The smallest absolute Gasteiger partial charge is 0.266 e. The van der Waals surface area contributed by atoms with Gasteiger partial charge in [-0.3, -0.25) is 4.79 Å². The predicted octanol–water partition coefficient (Wildman–Crippen LogP) is 4.66. The van der Waals surface area contributed by atoms with Crippen molar-refractivity contribution in [2.75, 3.05) is 5.32 Å². The van der Waals surface area contributed by atoms with Crippen molar-refractivity contribution in [3.63, 3.8) is 0 Å². The number of nitrogens with zero attached hydrogens (tertiary/aromatic N) is 1. The summed E-state index contributed by atoms with van der Waals surface area (Å²) in [6.07, 6.45) is 1.43. The zero-order valence-electron chi connectivity index (χ0n) is 13.0. The highest BCUT2D eigenvalue weighted by molar-refractivity contribution is 7.91. The number of nitrogens with one attached hydrogen (secondary N) is 1. The van der Waals surface area contributed by atoms with E-state index in [0.717, 1.165) is 4.88 Å². The number of aromatic nitrogens is 1. The Morgan fingerprint density at radius 3 is 2.62 bits per heavy atom. The molecule has 2 aromatic heterocycles. The van der Waals surface area contributed by atoms with Crippen LogP contribution < -0.4 is 5.32 Å². The number of thiophene rings is 1. The van der Waals surface area contributed by atoms with Crippen molar-refractivity contribution in [1.82, 2.24) is 4.98 Å². The van der Waals surface area contributed by atoms with Gasteiger partial charge in [0.25, 0.3) is 5.91 Å². The number of hydrogen-bond donors (Lipinski definition) is 1. The summed E-state index contributed by atoms with van der Waals surface area (Å²) in [5.74, 6) is -0.142. The lowest BCUT2D eigenvalue weighted by Crippen LogP contribution is -2.12. The monoisotopic (exact) mass is 424 g/mol. The lowest BCUT2D eigenvalue weighted by Gasteiger charge is -2.16. The molecule has 0 aliphatic carbocycles. The zero-order valence-corrected chi connectivity index (χ0v) is 16.1. The predicted molar refractivity (Wildman–Crippen MR) is 103 cm³/mol. The van der Waals surface area contributed by atoms with E-state index in [2.05, 4.69) is 10.3 Å². The Labute approximate surface area is 163 Å². The summed E-state index contributed by atoms with van der Waals surface area (Å²) in [6.45, 7) is 0. The summed E-state index contributed by atoms with van der Waals surface area (Å²) in [4.78, 5) is 17.9. The third-order valence-electron chi connectivity index (χ3n) is 3.87. The first-order valence-corrected chi connectivity index (χ1v) is 10.6. The summed E-state index contributed by atoms with van der Waals surface area (Å²) in [6, 6.07) is 9.59. The van der Waals surface area contributed by atoms with Gasteiger partial charge in [-0.2, -0.15) is 0 Å². The van der Waals surface area contributed by atoms with Crippen LogP contribution in [-0.2, 0) is 15.6 Å². The van der Waals surface area contributed by atoms with Crippen molar-refractivity contribution in [1.29, 1.82) is 0 Å². The van der Waals surface area contributed by atoms with E-state index in [-0.39, 0.29) is 16.6 Å². The Morgan fingerprint density at radius 1 is 1.12 bits per heavy atom. The molecule has 3 aromatic rings. The first kappa shape index (κ1) is 17.5. The van der Waals surface area contributed by atoms with Crippen molar-refractivity contribution in [2.24, 2.45) is 0 Å². The largest absolute Gasteiger partial charge is 0.306 e. The van der Waals surface area contributed by atoms with Crippen LogP contribution in [0.25, 0.3) is 10.4 Å². The third-order valence-corrected chi connectivity index (χ3v) is 7.24. The number of benzene rings is 1. The van der Waals surface area contributed by atoms with E-state index in [1.165, 1.54) is 23.6 Å². The second-order valence-electron chi connectivity index (χ2n) is 5.68. The fraction of sp³-hybridized carbons (Fsp3) is 0.0588. The highest BCUT2D eigenvalue weighted by Crippen LogP contribution is 2.43. The van der Waals surface area contributed by atoms with Crippen LogP contribution in [-0.4, -0.2) is 19.3 Å². The molecule has 0 bridgehead atoms. The summed E-state index contributed by atoms with van der Waals surface area (Å²) in [5, 5.41) is 3.51. The van der Waals surface area contributed by atoms with Crippen LogP contribution in [0.2, 0.25) is 10.0 Å². The van der Waals surface area contributed by atoms with Gasteiger partial charge in [0.05, 0.1) is 20.5 Å². The summed E-state index contributed by atoms with van der Waals surface area (Å²) >= 11 is 13.0. The Morgan fingerprint density at radius 2 is 1.88 bits per heavy atom. The molecule has 0 unspecified atom stereocenters. The molecule has 1 aromatic carbocycles. The molecule has 3 heterocycles. The molecule has 0 saturated carbocycles. The van der Waals surface area contributed by atoms with Crippen LogP contribution >= 0.6 is 34.5 Å². The molecule has 1 aliphatic rings. The Bertz CT molecular complexity index is 1140. The minimum Gasteiger partial charge on any atom is -0.306 e. The molecule has 0 fully saturated rings. The second kappa shape index (κ2) is 6.35. The minimum atomic E-state index is -3.49. The molecule has 5 nitrogen and oxygen atoms in total. The van der Waals surface area contributed by atoms with Gasteiger partial charge in [0.2, 0.25) is 0 Å². The molecule has 4 rings (SSSR count). The second-order valence-corrected chi connectivity index (χ2v) is 9.56. The summed E-state index contributed by atoms with van der Waals surface area (Å²) < 4.78 is 25.0. The van der Waals surface area contributed by atoms with E-state index in [4.69, 9.17) is 23.2 Å². The fourth-order valence-corrected chi connectivity index (χ4v) is 5.95. The van der Waals surface area contributed by atoms with E-state index in [1.807, 2.05) is 0 Å². The highest BCUT2D eigenvalue weighted by atomic mass is 35.5. The molecule has 1 aliphatic heterocycles. The van der Waals surface area contributed by atoms with Gasteiger partial charge in [0.15, 0.2) is 9.84 Å². The minimum absolute atomic E-state index is 0.154. The average molecular weight is 425 g/mol. The van der Waals surface area contributed by atoms with Crippen molar-refractivity contribution < 1.29 is 13.2 Å². The van der Waals surface area contributed by atoms with E-state index >= 15 is 0 Å². The molecule has 0 radical (unpaired) electrons. The molecule has 9 heteroatoms. The van der Waals surface area contributed by atoms with Crippen molar-refractivity contribution in [3.05, 3.63) is 63.1 Å². The van der Waals surface area contributed by atoms with Gasteiger partial charge in [-0.05, 0) is 35.9 Å². The highest BCUT2D eigenvalue weighted by Gasteiger charge is 2.31. The van der Waals surface area contributed by atoms with Crippen LogP contribution in [0.5, 0.6) is 0 Å². The number of hydrogen-bond acceptors (Lipinski definition) is 5. The Hall–Kier alpha value is -1.93. The van der Waals surface area contributed by atoms with Gasteiger partial charge in [-0.25, -0.2) is 13.4 Å². The Balaban J connectivity index is 1.72. The number of carbonyl (C=O) groups is 1. The Kier molecular flexibility index (Phi) is 4.27. The van der Waals surface area contributed by atoms with Gasteiger partial charge in [-0.15, -0.1) is 11.3 Å². The standard InChI is InChI=1S/C17H10Cl2N2O3S2/c18-10-1-3-12-14(6-10)26(23,24)8-9-5-13(25-16(9)12)17(22)21-15-4-2-11(19)7-20-15/h1-7H,8H2,(H,20,21,22). The first-order valence-electron chi connectivity index (χ1n) is 7.42. The van der Waals surface area contributed by atoms with Crippen LogP contribution in [0.1, 0.15) is 15.2 Å². The van der Waals surface area contributed by atoms with Gasteiger partial charge < -0.3 is 5.32 Å². The summed E-state index contributed by atoms with van der Waals surface area (Å²) in [7, 11) is -3.49. The molecule has 132 valence electrons. The molecule has 26 heavy (non-hydrogen) atoms. The van der Waals surface area contributed by atoms with Crippen LogP contribution in [0.15, 0.2) is 47.5 Å². The fourth-order valence-electron chi connectivity index (χ4n) is 2.73. The third kappa shape index (κ3) is 3.12. The molecular weight excluding hydrogens is 415 g/mol. The zero-order chi connectivity index (χ0) is 18.5. The lowest BCUT2D eigenvalue weighted by atomic mass is 10.1. The maximum atomic E-state index is 12.5. The van der Waals surface area contributed by atoms with E-state index in [1.54, 1.807) is 30.3 Å². The van der Waals surface area contributed by atoms with Crippen molar-refractivity contribution in [2.45, 2.75) is 10.6 Å². The van der Waals surface area contributed by atoms with Gasteiger partial charge in [0, 0.05) is 21.7 Å². The van der Waals surface area contributed by atoms with Crippen LogP contribution in [0, 0.1) is 0 Å². The normalized spacial score (nSPS) is 14.4. The number of pyridine rings is 1. The van der Waals surface area contributed by atoms with Crippen LogP contribution in [0.3, 0.4) is 0 Å². The van der Waals surface area contributed by atoms with Crippen molar-refractivity contribution >= 4 is 56.1 Å². The van der Waals surface area contributed by atoms with E-state index < -0.39 is 9.84 Å². The SMILES string of the molecule is O=C(Nc1ccc(Cl)cn1)c1cc2c(s1)-c1ccc(Cl)cc1S(=O)(=O)C2. The molecule has 0 spiro atoms. The van der Waals surface area contributed by atoms with E-state index in [9.17, 15) is 13.2 Å². The topological polar surface area (TPSA) is 76.1 Å². The molecular formula is C17H10Cl2N2O3S2. The average Bonchev–Trinajstić information content (AvgIpc) is 3.00. The van der Waals surface area contributed by atoms with Gasteiger partial charge >= 0.3 is 0 Å². The van der Waals surface area contributed by atoms with E-state index in [0.29, 0.717) is 31.9 Å². The lowest BCUT2D eigenvalue weighted by molar-refractivity contribution is 0.103. The number of sulfone groups is 1. The number of rotatable bonds is 2. The molecule has 0 saturated heterocycles. The quantitative estimate of drug-likeness (QED) is 0.648. The molecule has 1 amide bonds. The number of carbonyl (C=O) groups excluding carboxylic acids is 1. The number of halogens is 2. The maximum Gasteiger partial charge on any atom is 0.266 e. The number of fused-ring (bicyclic) bond motifs is 3. The van der Waals surface area contributed by atoms with Crippen LogP contribution in [0.4, 0.5) is 5.82 Å². The van der Waals surface area contributed by atoms with Gasteiger partial charge in [-0.1, -0.05) is 29.3 Å². The summed E-state index contributed by atoms with van der Waals surface area (Å²) in [5.41, 5.74) is 1.18. The molecule has 0 atom stereocenters. The molecule has 1 N–H and O–H groups in total. The van der Waals surface area contributed by atoms with Gasteiger partial charge in [0.1, 0.15) is 5.82 Å². The number of amides is 1. The maximum absolute atomic E-state index is 12.5. The number of anilines is 1. The first-order chi connectivity index (χ1) is 12.3.